The normalized spacial score (nSPS) is 13.2. The average molecular weight is 129 g/mol. The van der Waals surface area contributed by atoms with Gasteiger partial charge >= 0.3 is 0 Å². The van der Waals surface area contributed by atoms with E-state index in [1.807, 2.05) is 0 Å². The Bertz CT molecular complexity index is 90.9. The van der Waals surface area contributed by atoms with Crippen molar-refractivity contribution in [3.8, 4) is 0 Å². The molecule has 3 N–H and O–H groups in total. The van der Waals surface area contributed by atoms with Crippen LogP contribution < -0.4 is 5.73 Å². The second-order valence-corrected chi connectivity index (χ2v) is 2.20. The second-order valence-electron chi connectivity index (χ2n) is 2.20. The van der Waals surface area contributed by atoms with Crippen molar-refractivity contribution in [1.29, 1.82) is 0 Å². The molecule has 0 aliphatic carbocycles. The molecule has 0 aromatic heterocycles. The predicted molar refractivity (Wildman–Crippen MR) is 39.1 cm³/mol. The van der Waals surface area contributed by atoms with Crippen molar-refractivity contribution in [1.82, 2.24) is 0 Å². The maximum absolute atomic E-state index is 8.55. The zero-order valence-electron chi connectivity index (χ0n) is 5.93. The van der Waals surface area contributed by atoms with Crippen LogP contribution in [0.1, 0.15) is 19.8 Å². The van der Waals surface area contributed by atoms with Crippen LogP contribution in [0.15, 0.2) is 12.2 Å². The van der Waals surface area contributed by atoms with Gasteiger partial charge in [0.25, 0.3) is 0 Å². The van der Waals surface area contributed by atoms with Crippen molar-refractivity contribution in [2.45, 2.75) is 25.8 Å². The SMILES string of the molecule is C=C(CCC)[C@@H](N)CO. The van der Waals surface area contributed by atoms with Gasteiger partial charge in [0.1, 0.15) is 0 Å². The van der Waals surface area contributed by atoms with E-state index in [0.717, 1.165) is 18.4 Å². The van der Waals surface area contributed by atoms with E-state index in [9.17, 15) is 0 Å². The van der Waals surface area contributed by atoms with Gasteiger partial charge in [-0.2, -0.15) is 0 Å². The fourth-order valence-electron chi connectivity index (χ4n) is 0.636. The lowest BCUT2D eigenvalue weighted by Crippen LogP contribution is -2.26. The molecule has 0 heterocycles. The fraction of sp³-hybridized carbons (Fsp3) is 0.714. The van der Waals surface area contributed by atoms with Crippen LogP contribution in [-0.4, -0.2) is 17.8 Å². The molecular formula is C7H15NO. The first-order chi connectivity index (χ1) is 4.22. The maximum Gasteiger partial charge on any atom is 0.0621 e. The Balaban J connectivity index is 3.46. The zero-order chi connectivity index (χ0) is 7.28. The molecule has 0 amide bonds. The summed E-state index contributed by atoms with van der Waals surface area (Å²) < 4.78 is 0. The molecule has 1 atom stereocenters. The molecule has 0 saturated carbocycles. The summed E-state index contributed by atoms with van der Waals surface area (Å²) >= 11 is 0. The van der Waals surface area contributed by atoms with Crippen molar-refractivity contribution >= 4 is 0 Å². The highest BCUT2D eigenvalue weighted by molar-refractivity contribution is 5.03. The molecular weight excluding hydrogens is 114 g/mol. The summed E-state index contributed by atoms with van der Waals surface area (Å²) in [4.78, 5) is 0. The molecule has 2 nitrogen and oxygen atoms in total. The third-order valence-corrected chi connectivity index (χ3v) is 1.29. The van der Waals surface area contributed by atoms with Crippen LogP contribution in [0, 0.1) is 0 Å². The molecule has 9 heavy (non-hydrogen) atoms. The summed E-state index contributed by atoms with van der Waals surface area (Å²) in [7, 11) is 0. The summed E-state index contributed by atoms with van der Waals surface area (Å²) in [5.74, 6) is 0. The van der Waals surface area contributed by atoms with Crippen molar-refractivity contribution in [2.75, 3.05) is 6.61 Å². The van der Waals surface area contributed by atoms with E-state index in [-0.39, 0.29) is 12.6 Å². The summed E-state index contributed by atoms with van der Waals surface area (Å²) in [5.41, 5.74) is 6.40. The molecule has 0 radical (unpaired) electrons. The zero-order valence-corrected chi connectivity index (χ0v) is 5.93. The Morgan fingerprint density at radius 1 is 1.78 bits per heavy atom. The lowest BCUT2D eigenvalue weighted by molar-refractivity contribution is 0.278. The molecule has 0 rings (SSSR count). The van der Waals surface area contributed by atoms with Crippen LogP contribution in [0.25, 0.3) is 0 Å². The van der Waals surface area contributed by atoms with E-state index in [1.165, 1.54) is 0 Å². The van der Waals surface area contributed by atoms with Gasteiger partial charge in [0.15, 0.2) is 0 Å². The van der Waals surface area contributed by atoms with Gasteiger partial charge in [-0.25, -0.2) is 0 Å². The van der Waals surface area contributed by atoms with Gasteiger partial charge in [-0.05, 0) is 6.42 Å². The largest absolute Gasteiger partial charge is 0.394 e. The molecule has 0 aromatic rings. The third-order valence-electron chi connectivity index (χ3n) is 1.29. The molecule has 0 aromatic carbocycles. The highest BCUT2D eigenvalue weighted by atomic mass is 16.3. The minimum atomic E-state index is -0.218. The quantitative estimate of drug-likeness (QED) is 0.548. The fourth-order valence-corrected chi connectivity index (χ4v) is 0.636. The summed E-state index contributed by atoms with van der Waals surface area (Å²) in [6.45, 7) is 5.81. The first-order valence-corrected chi connectivity index (χ1v) is 3.26. The van der Waals surface area contributed by atoms with Crippen LogP contribution in [-0.2, 0) is 0 Å². The monoisotopic (exact) mass is 129 g/mol. The number of hydrogen-bond acceptors (Lipinski definition) is 2. The standard InChI is InChI=1S/C7H15NO/c1-3-4-6(2)7(8)5-9/h7,9H,2-5,8H2,1H3/t7-/m0/s1. The topological polar surface area (TPSA) is 46.2 Å². The average Bonchev–Trinajstić information content (AvgIpc) is 1.87. The van der Waals surface area contributed by atoms with Crippen LogP contribution in [0.2, 0.25) is 0 Å². The Morgan fingerprint density at radius 2 is 2.33 bits per heavy atom. The van der Waals surface area contributed by atoms with Crippen molar-refractivity contribution in [3.05, 3.63) is 12.2 Å². The first kappa shape index (κ1) is 8.66. The molecule has 2 heteroatoms. The number of hydrogen-bond donors (Lipinski definition) is 2. The molecule has 0 aliphatic heterocycles. The van der Waals surface area contributed by atoms with E-state index in [4.69, 9.17) is 10.8 Å². The van der Waals surface area contributed by atoms with Crippen molar-refractivity contribution in [2.24, 2.45) is 5.73 Å². The Labute approximate surface area is 56.4 Å². The summed E-state index contributed by atoms with van der Waals surface area (Å²) in [6, 6.07) is -0.218. The minimum Gasteiger partial charge on any atom is -0.394 e. The van der Waals surface area contributed by atoms with Gasteiger partial charge in [-0.3, -0.25) is 0 Å². The van der Waals surface area contributed by atoms with Gasteiger partial charge < -0.3 is 10.8 Å². The number of rotatable bonds is 4. The van der Waals surface area contributed by atoms with E-state index in [1.54, 1.807) is 0 Å². The van der Waals surface area contributed by atoms with E-state index >= 15 is 0 Å². The predicted octanol–water partition coefficient (Wildman–Crippen LogP) is 0.662. The maximum atomic E-state index is 8.55. The summed E-state index contributed by atoms with van der Waals surface area (Å²) in [5, 5.41) is 8.55. The Morgan fingerprint density at radius 3 is 2.67 bits per heavy atom. The van der Waals surface area contributed by atoms with E-state index < -0.39 is 0 Å². The van der Waals surface area contributed by atoms with Gasteiger partial charge in [-0.15, -0.1) is 0 Å². The minimum absolute atomic E-state index is 0.0127. The highest BCUT2D eigenvalue weighted by Gasteiger charge is 2.02. The van der Waals surface area contributed by atoms with Crippen LogP contribution >= 0.6 is 0 Å². The van der Waals surface area contributed by atoms with E-state index in [0.29, 0.717) is 0 Å². The van der Waals surface area contributed by atoms with Crippen LogP contribution in [0.4, 0.5) is 0 Å². The lowest BCUT2D eigenvalue weighted by atomic mass is 10.1. The first-order valence-electron chi connectivity index (χ1n) is 3.26. The Hall–Kier alpha value is -0.340. The van der Waals surface area contributed by atoms with Crippen molar-refractivity contribution in [3.63, 3.8) is 0 Å². The van der Waals surface area contributed by atoms with Crippen LogP contribution in [0.5, 0.6) is 0 Å². The van der Waals surface area contributed by atoms with E-state index in [2.05, 4.69) is 13.5 Å². The molecule has 0 saturated heterocycles. The number of aliphatic hydroxyl groups excluding tert-OH is 1. The van der Waals surface area contributed by atoms with Crippen LogP contribution in [0.3, 0.4) is 0 Å². The van der Waals surface area contributed by atoms with Gasteiger partial charge in [-0.1, -0.05) is 25.5 Å². The molecule has 0 fully saturated rings. The van der Waals surface area contributed by atoms with Crippen molar-refractivity contribution < 1.29 is 5.11 Å². The molecule has 54 valence electrons. The highest BCUT2D eigenvalue weighted by Crippen LogP contribution is 2.03. The molecule has 0 bridgehead atoms. The molecule has 0 spiro atoms. The van der Waals surface area contributed by atoms with Gasteiger partial charge in [0.2, 0.25) is 0 Å². The van der Waals surface area contributed by atoms with Gasteiger partial charge in [0, 0.05) is 6.04 Å². The smallest absolute Gasteiger partial charge is 0.0621 e. The third kappa shape index (κ3) is 3.27. The number of nitrogens with two attached hydrogens (primary N) is 1. The summed E-state index contributed by atoms with van der Waals surface area (Å²) in [6.07, 6.45) is 1.97. The number of aliphatic hydroxyl groups is 1. The second kappa shape index (κ2) is 4.53. The lowest BCUT2D eigenvalue weighted by Gasteiger charge is -2.09. The molecule has 0 unspecified atom stereocenters. The molecule has 0 aliphatic rings. The Kier molecular flexibility index (Phi) is 4.36. The van der Waals surface area contributed by atoms with Gasteiger partial charge in [0.05, 0.1) is 6.61 Å².